The number of rotatable bonds is 4. The summed E-state index contributed by atoms with van der Waals surface area (Å²) in [7, 11) is 0. The Kier molecular flexibility index (Phi) is 6.40. The molecule has 2 atom stereocenters. The standard InChI is InChI=1S/C30H36N6O2/c1-30(2,3)35-20-31-28(33-35)22-16-17-25-24(19-22)27(21-11-5-4-6-12-21)34-36(25,26-15-9-10-18-38-26)29(37)32-23-13-7-8-14-23/h4-6,11-12,16-17,19-20,23,26H,7-10,13-15,18H2,1-3H3/p+1. The molecule has 2 aliphatic heterocycles. The van der Waals surface area contributed by atoms with Gasteiger partial charge in [-0.1, -0.05) is 52.9 Å². The number of amides is 2. The van der Waals surface area contributed by atoms with Gasteiger partial charge >= 0.3 is 6.03 Å². The van der Waals surface area contributed by atoms with E-state index in [9.17, 15) is 4.79 Å². The van der Waals surface area contributed by atoms with Crippen LogP contribution in [-0.2, 0) is 10.3 Å². The van der Waals surface area contributed by atoms with E-state index in [4.69, 9.17) is 14.9 Å². The lowest BCUT2D eigenvalue weighted by Gasteiger charge is -2.36. The number of quaternary nitrogens is 1. The van der Waals surface area contributed by atoms with Gasteiger partial charge in [-0.2, -0.15) is 5.10 Å². The Hall–Kier alpha value is -3.36. The number of urea groups is 1. The summed E-state index contributed by atoms with van der Waals surface area (Å²) in [4.78, 5) is 18.9. The average molecular weight is 514 g/mol. The first-order valence-corrected chi connectivity index (χ1v) is 13.9. The van der Waals surface area contributed by atoms with Crippen LogP contribution in [0.25, 0.3) is 11.4 Å². The molecule has 3 heterocycles. The highest BCUT2D eigenvalue weighted by Gasteiger charge is 2.55. The van der Waals surface area contributed by atoms with E-state index in [1.165, 1.54) is 0 Å². The molecule has 2 amide bonds. The molecule has 1 saturated heterocycles. The van der Waals surface area contributed by atoms with Crippen LogP contribution in [0.15, 0.2) is 60.0 Å². The predicted octanol–water partition coefficient (Wildman–Crippen LogP) is 5.95. The molecular weight excluding hydrogens is 476 g/mol. The fourth-order valence-electron chi connectivity index (χ4n) is 5.82. The number of hydrogen-bond donors (Lipinski definition) is 1. The second-order valence-electron chi connectivity index (χ2n) is 11.7. The largest absolute Gasteiger partial charge is 0.450 e. The van der Waals surface area contributed by atoms with Gasteiger partial charge in [-0.25, -0.2) is 14.5 Å². The third-order valence-corrected chi connectivity index (χ3v) is 7.93. The molecule has 8 nitrogen and oxygen atoms in total. The number of aromatic nitrogens is 3. The van der Waals surface area contributed by atoms with Gasteiger partial charge < -0.3 is 10.1 Å². The maximum absolute atomic E-state index is 14.3. The van der Waals surface area contributed by atoms with Crippen molar-refractivity contribution >= 4 is 17.4 Å². The van der Waals surface area contributed by atoms with Gasteiger partial charge in [-0.15, -0.1) is 0 Å². The van der Waals surface area contributed by atoms with Gasteiger partial charge in [-0.05, 0) is 58.6 Å². The van der Waals surface area contributed by atoms with Crippen molar-refractivity contribution in [1.82, 2.24) is 24.7 Å². The summed E-state index contributed by atoms with van der Waals surface area (Å²) < 4.78 is 8.01. The summed E-state index contributed by atoms with van der Waals surface area (Å²) in [5, 5.41) is 13.4. The molecule has 0 spiro atoms. The first kappa shape index (κ1) is 24.9. The van der Waals surface area contributed by atoms with Gasteiger partial charge in [0.15, 0.2) is 11.5 Å². The van der Waals surface area contributed by atoms with E-state index < -0.39 is 0 Å². The summed E-state index contributed by atoms with van der Waals surface area (Å²) in [5.74, 6) is 0.657. The van der Waals surface area contributed by atoms with E-state index in [2.05, 4.69) is 49.3 Å². The normalized spacial score (nSPS) is 23.8. The minimum atomic E-state index is -0.366. The van der Waals surface area contributed by atoms with Crippen LogP contribution in [0.5, 0.6) is 0 Å². The zero-order valence-corrected chi connectivity index (χ0v) is 22.6. The summed E-state index contributed by atoms with van der Waals surface area (Å²) in [6.07, 6.45) is 8.54. The van der Waals surface area contributed by atoms with Crippen LogP contribution >= 0.6 is 0 Å². The smallest absolute Gasteiger partial charge is 0.326 e. The molecule has 1 aliphatic carbocycles. The Morgan fingerprint density at radius 1 is 1.00 bits per heavy atom. The molecule has 2 fully saturated rings. The minimum Gasteiger partial charge on any atom is -0.326 e. The minimum absolute atomic E-state index is 0.0983. The van der Waals surface area contributed by atoms with Gasteiger partial charge in [0.25, 0.3) is 0 Å². The maximum atomic E-state index is 14.3. The lowest BCUT2D eigenvalue weighted by atomic mass is 9.98. The van der Waals surface area contributed by atoms with Crippen LogP contribution in [0.2, 0.25) is 0 Å². The van der Waals surface area contributed by atoms with Crippen molar-refractivity contribution in [2.75, 3.05) is 6.61 Å². The summed E-state index contributed by atoms with van der Waals surface area (Å²) in [6.45, 7) is 6.95. The van der Waals surface area contributed by atoms with Gasteiger partial charge in [-0.3, -0.25) is 0 Å². The van der Waals surface area contributed by atoms with Crippen molar-refractivity contribution in [3.05, 3.63) is 66.0 Å². The van der Waals surface area contributed by atoms with Gasteiger partial charge in [0.05, 0.1) is 17.7 Å². The number of nitrogens with zero attached hydrogens (tertiary/aromatic N) is 5. The van der Waals surface area contributed by atoms with Crippen molar-refractivity contribution in [3.8, 4) is 11.4 Å². The number of nitrogens with one attached hydrogen (secondary N) is 1. The zero-order chi connectivity index (χ0) is 26.3. The molecule has 1 N–H and O–H groups in total. The highest BCUT2D eigenvalue weighted by molar-refractivity contribution is 6.20. The molecule has 1 aromatic heterocycles. The summed E-state index contributed by atoms with van der Waals surface area (Å²) >= 11 is 0. The van der Waals surface area contributed by atoms with E-state index in [1.807, 2.05) is 35.0 Å². The topological polar surface area (TPSA) is 81.4 Å². The van der Waals surface area contributed by atoms with Gasteiger partial charge in [0.1, 0.15) is 12.0 Å². The third-order valence-electron chi connectivity index (χ3n) is 7.93. The third kappa shape index (κ3) is 4.35. The van der Waals surface area contributed by atoms with Crippen molar-refractivity contribution < 1.29 is 9.53 Å². The van der Waals surface area contributed by atoms with Crippen LogP contribution < -0.4 is 9.91 Å². The van der Waals surface area contributed by atoms with E-state index in [-0.39, 0.29) is 28.4 Å². The van der Waals surface area contributed by atoms with Crippen LogP contribution in [0.4, 0.5) is 10.5 Å². The van der Waals surface area contributed by atoms with E-state index in [0.717, 1.165) is 73.0 Å². The Morgan fingerprint density at radius 2 is 1.76 bits per heavy atom. The Labute approximate surface area is 224 Å². The molecule has 2 unspecified atom stereocenters. The lowest BCUT2D eigenvalue weighted by molar-refractivity contribution is -0.0605. The zero-order valence-electron chi connectivity index (χ0n) is 22.6. The molecule has 38 heavy (non-hydrogen) atoms. The lowest BCUT2D eigenvalue weighted by Crippen LogP contribution is -2.62. The van der Waals surface area contributed by atoms with Crippen LogP contribution in [0.1, 0.15) is 76.8 Å². The van der Waals surface area contributed by atoms with E-state index in [1.54, 1.807) is 6.33 Å². The SMILES string of the molecule is CC(C)(C)n1cnc(-c2ccc3c(c2)C(c2ccccc2)=N[N+]3(C(=O)NC2CCCC2)C2CCCCO2)n1. The quantitative estimate of drug-likeness (QED) is 0.437. The van der Waals surface area contributed by atoms with Gasteiger partial charge in [0.2, 0.25) is 6.23 Å². The Morgan fingerprint density at radius 3 is 2.45 bits per heavy atom. The molecule has 198 valence electrons. The van der Waals surface area contributed by atoms with Crippen LogP contribution in [0, 0.1) is 0 Å². The monoisotopic (exact) mass is 513 g/mol. The fourth-order valence-corrected chi connectivity index (χ4v) is 5.82. The van der Waals surface area contributed by atoms with Crippen LogP contribution in [-0.4, -0.2) is 45.4 Å². The molecular formula is C30H37N6O2+. The molecule has 3 aliphatic rings. The highest BCUT2D eigenvalue weighted by atomic mass is 16.5. The molecule has 0 bridgehead atoms. The molecule has 1 saturated carbocycles. The van der Waals surface area contributed by atoms with Crippen molar-refractivity contribution in [3.63, 3.8) is 0 Å². The Bertz CT molecular complexity index is 1350. The predicted molar refractivity (Wildman–Crippen MR) is 149 cm³/mol. The fraction of sp³-hybridized carbons (Fsp3) is 0.467. The summed E-state index contributed by atoms with van der Waals surface area (Å²) in [5.41, 5.74) is 4.29. The van der Waals surface area contributed by atoms with Crippen molar-refractivity contribution in [1.29, 1.82) is 0 Å². The van der Waals surface area contributed by atoms with E-state index >= 15 is 0 Å². The number of fused-ring (bicyclic) bond motifs is 1. The number of carbonyl (C=O) groups is 1. The molecule has 2 aromatic carbocycles. The number of benzene rings is 2. The van der Waals surface area contributed by atoms with Gasteiger partial charge in [0, 0.05) is 29.7 Å². The first-order chi connectivity index (χ1) is 18.4. The Balaban J connectivity index is 1.50. The maximum Gasteiger partial charge on any atom is 0.450 e. The van der Waals surface area contributed by atoms with Crippen LogP contribution in [0.3, 0.4) is 0 Å². The molecule has 3 aromatic rings. The highest BCUT2D eigenvalue weighted by Crippen LogP contribution is 2.43. The number of hydrogen-bond acceptors (Lipinski definition) is 5. The molecule has 8 heteroatoms. The average Bonchev–Trinajstić information content (AvgIpc) is 3.69. The number of carbonyl (C=O) groups excluding carboxylic acids is 1. The molecule has 6 rings (SSSR count). The molecule has 0 radical (unpaired) electrons. The first-order valence-electron chi connectivity index (χ1n) is 13.9. The second-order valence-corrected chi connectivity index (χ2v) is 11.7. The van der Waals surface area contributed by atoms with E-state index in [0.29, 0.717) is 12.4 Å². The van der Waals surface area contributed by atoms with Crippen molar-refractivity contribution in [2.45, 2.75) is 83.5 Å². The summed E-state index contributed by atoms with van der Waals surface area (Å²) in [6, 6.07) is 16.4. The second kappa shape index (κ2) is 9.75. The van der Waals surface area contributed by atoms with Crippen molar-refractivity contribution in [2.24, 2.45) is 5.10 Å². The number of ether oxygens (including phenoxy) is 1.